The Kier molecular flexibility index (Phi) is 4.25. The fraction of sp³-hybridized carbons (Fsp3) is 0.176. The van der Waals surface area contributed by atoms with Crippen molar-refractivity contribution in [2.75, 3.05) is 0 Å². The molecule has 5 heteroatoms. The maximum atomic E-state index is 13.5. The van der Waals surface area contributed by atoms with Gasteiger partial charge in [-0.05, 0) is 24.6 Å². The van der Waals surface area contributed by atoms with Gasteiger partial charge in [0.05, 0.1) is 6.54 Å². The van der Waals surface area contributed by atoms with Crippen LogP contribution in [-0.4, -0.2) is 10.2 Å². The fourth-order valence-corrected chi connectivity index (χ4v) is 2.19. The Morgan fingerprint density at radius 3 is 2.59 bits per heavy atom. The third-order valence-electron chi connectivity index (χ3n) is 3.39. The van der Waals surface area contributed by atoms with E-state index < -0.39 is 0 Å². The largest absolute Gasteiger partial charge is 0.419 e. The molecule has 0 spiro atoms. The van der Waals surface area contributed by atoms with Crippen molar-refractivity contribution in [2.45, 2.75) is 20.0 Å². The SMILES string of the molecule is Cc1ccccc1-c1nnc(CNCc2ccccc2F)o1. The number of hydrogen-bond donors (Lipinski definition) is 1. The molecule has 1 heterocycles. The van der Waals surface area contributed by atoms with Crippen molar-refractivity contribution in [1.29, 1.82) is 0 Å². The lowest BCUT2D eigenvalue weighted by Gasteiger charge is -2.03. The molecule has 0 amide bonds. The number of benzene rings is 2. The molecule has 3 rings (SSSR count). The molecule has 1 N–H and O–H groups in total. The van der Waals surface area contributed by atoms with Crippen LogP contribution >= 0.6 is 0 Å². The first kappa shape index (κ1) is 14.4. The monoisotopic (exact) mass is 297 g/mol. The lowest BCUT2D eigenvalue weighted by molar-refractivity contribution is 0.473. The van der Waals surface area contributed by atoms with Crippen LogP contribution in [0.3, 0.4) is 0 Å². The summed E-state index contributed by atoms with van der Waals surface area (Å²) in [6.45, 7) is 2.80. The number of nitrogens with one attached hydrogen (secondary N) is 1. The highest BCUT2D eigenvalue weighted by Crippen LogP contribution is 2.21. The second kappa shape index (κ2) is 6.49. The second-order valence-electron chi connectivity index (χ2n) is 5.01. The number of nitrogens with zero attached hydrogens (tertiary/aromatic N) is 2. The molecular formula is C17H16FN3O. The number of aromatic nitrogens is 2. The van der Waals surface area contributed by atoms with Crippen LogP contribution in [0.1, 0.15) is 17.0 Å². The minimum Gasteiger partial charge on any atom is -0.419 e. The smallest absolute Gasteiger partial charge is 0.248 e. The molecule has 0 fully saturated rings. The average Bonchev–Trinajstić information content (AvgIpc) is 2.98. The molecule has 22 heavy (non-hydrogen) atoms. The molecule has 3 aromatic rings. The van der Waals surface area contributed by atoms with Crippen LogP contribution in [0.4, 0.5) is 4.39 Å². The van der Waals surface area contributed by atoms with Crippen molar-refractivity contribution in [3.8, 4) is 11.5 Å². The van der Waals surface area contributed by atoms with Gasteiger partial charge in [-0.25, -0.2) is 4.39 Å². The van der Waals surface area contributed by atoms with Crippen molar-refractivity contribution in [2.24, 2.45) is 0 Å². The van der Waals surface area contributed by atoms with Gasteiger partial charge in [0.15, 0.2) is 0 Å². The highest BCUT2D eigenvalue weighted by atomic mass is 19.1. The van der Waals surface area contributed by atoms with Gasteiger partial charge in [0.1, 0.15) is 5.82 Å². The van der Waals surface area contributed by atoms with Crippen molar-refractivity contribution in [3.05, 3.63) is 71.4 Å². The molecule has 0 aliphatic heterocycles. The summed E-state index contributed by atoms with van der Waals surface area (Å²) in [5.74, 6) is 0.761. The molecule has 0 radical (unpaired) electrons. The quantitative estimate of drug-likeness (QED) is 0.783. The maximum absolute atomic E-state index is 13.5. The Hall–Kier alpha value is -2.53. The van der Waals surface area contributed by atoms with Gasteiger partial charge in [-0.1, -0.05) is 36.4 Å². The Balaban J connectivity index is 1.63. The number of halogens is 1. The molecule has 0 atom stereocenters. The van der Waals surface area contributed by atoms with E-state index in [0.717, 1.165) is 11.1 Å². The first-order valence-electron chi connectivity index (χ1n) is 7.06. The summed E-state index contributed by atoms with van der Waals surface area (Å²) >= 11 is 0. The first-order valence-corrected chi connectivity index (χ1v) is 7.06. The standard InChI is InChI=1S/C17H16FN3O/c1-12-6-2-4-8-14(12)17-21-20-16(22-17)11-19-10-13-7-3-5-9-15(13)18/h2-9,19H,10-11H2,1H3. The van der Waals surface area contributed by atoms with Gasteiger partial charge in [0.25, 0.3) is 0 Å². The molecule has 0 unspecified atom stereocenters. The zero-order valence-corrected chi connectivity index (χ0v) is 12.2. The van der Waals surface area contributed by atoms with E-state index in [0.29, 0.717) is 30.4 Å². The first-order chi connectivity index (χ1) is 10.7. The highest BCUT2D eigenvalue weighted by molar-refractivity contribution is 5.57. The summed E-state index contributed by atoms with van der Waals surface area (Å²) < 4.78 is 19.1. The maximum Gasteiger partial charge on any atom is 0.248 e. The zero-order valence-electron chi connectivity index (χ0n) is 12.2. The Morgan fingerprint density at radius 2 is 1.77 bits per heavy atom. The van der Waals surface area contributed by atoms with E-state index >= 15 is 0 Å². The topological polar surface area (TPSA) is 51.0 Å². The number of hydrogen-bond acceptors (Lipinski definition) is 4. The van der Waals surface area contributed by atoms with Crippen molar-refractivity contribution in [1.82, 2.24) is 15.5 Å². The minimum atomic E-state index is -0.221. The van der Waals surface area contributed by atoms with Crippen molar-refractivity contribution >= 4 is 0 Å². The summed E-state index contributed by atoms with van der Waals surface area (Å²) in [5, 5.41) is 11.2. The lowest BCUT2D eigenvalue weighted by atomic mass is 10.1. The molecule has 0 aliphatic rings. The van der Waals surface area contributed by atoms with E-state index in [4.69, 9.17) is 4.42 Å². The van der Waals surface area contributed by atoms with Gasteiger partial charge in [-0.3, -0.25) is 0 Å². The van der Waals surface area contributed by atoms with Crippen molar-refractivity contribution in [3.63, 3.8) is 0 Å². The van der Waals surface area contributed by atoms with Crippen LogP contribution in [0.2, 0.25) is 0 Å². The molecule has 0 saturated heterocycles. The lowest BCUT2D eigenvalue weighted by Crippen LogP contribution is -2.13. The van der Waals surface area contributed by atoms with Crippen LogP contribution in [-0.2, 0) is 13.1 Å². The zero-order chi connectivity index (χ0) is 15.4. The molecule has 112 valence electrons. The molecule has 1 aromatic heterocycles. The van der Waals surface area contributed by atoms with Crippen LogP contribution in [0.5, 0.6) is 0 Å². The summed E-state index contributed by atoms with van der Waals surface area (Å²) in [4.78, 5) is 0. The normalized spacial score (nSPS) is 10.8. The third kappa shape index (κ3) is 3.20. The second-order valence-corrected chi connectivity index (χ2v) is 5.01. The Labute approximate surface area is 128 Å². The van der Waals surface area contributed by atoms with E-state index in [-0.39, 0.29) is 5.82 Å². The third-order valence-corrected chi connectivity index (χ3v) is 3.39. The van der Waals surface area contributed by atoms with E-state index in [1.165, 1.54) is 6.07 Å². The fourth-order valence-electron chi connectivity index (χ4n) is 2.19. The molecule has 0 bridgehead atoms. The van der Waals surface area contributed by atoms with Crippen LogP contribution in [0.15, 0.2) is 52.9 Å². The minimum absolute atomic E-state index is 0.221. The summed E-state index contributed by atoms with van der Waals surface area (Å²) in [6, 6.07) is 14.5. The van der Waals surface area contributed by atoms with Crippen LogP contribution in [0.25, 0.3) is 11.5 Å². The molecule has 4 nitrogen and oxygen atoms in total. The average molecular weight is 297 g/mol. The highest BCUT2D eigenvalue weighted by Gasteiger charge is 2.10. The van der Waals surface area contributed by atoms with Gasteiger partial charge >= 0.3 is 0 Å². The predicted molar refractivity (Wildman–Crippen MR) is 81.4 cm³/mol. The van der Waals surface area contributed by atoms with Crippen LogP contribution < -0.4 is 5.32 Å². The van der Waals surface area contributed by atoms with Gasteiger partial charge in [-0.15, -0.1) is 10.2 Å². The van der Waals surface area contributed by atoms with E-state index in [9.17, 15) is 4.39 Å². The molecule has 2 aromatic carbocycles. The molecule has 0 aliphatic carbocycles. The van der Waals surface area contributed by atoms with Crippen LogP contribution in [0, 0.1) is 12.7 Å². The number of rotatable bonds is 5. The Bertz CT molecular complexity index is 770. The van der Waals surface area contributed by atoms with Gasteiger partial charge in [-0.2, -0.15) is 0 Å². The summed E-state index contributed by atoms with van der Waals surface area (Å²) in [6.07, 6.45) is 0. The van der Waals surface area contributed by atoms with E-state index in [1.807, 2.05) is 37.3 Å². The van der Waals surface area contributed by atoms with E-state index in [1.54, 1.807) is 12.1 Å². The number of aryl methyl sites for hydroxylation is 1. The summed E-state index contributed by atoms with van der Waals surface area (Å²) in [5.41, 5.74) is 2.62. The van der Waals surface area contributed by atoms with Gasteiger partial charge in [0, 0.05) is 17.7 Å². The van der Waals surface area contributed by atoms with Crippen molar-refractivity contribution < 1.29 is 8.81 Å². The van der Waals surface area contributed by atoms with E-state index in [2.05, 4.69) is 15.5 Å². The summed E-state index contributed by atoms with van der Waals surface area (Å²) in [7, 11) is 0. The Morgan fingerprint density at radius 1 is 1.00 bits per heavy atom. The molecule has 0 saturated carbocycles. The predicted octanol–water partition coefficient (Wildman–Crippen LogP) is 3.47. The molecular weight excluding hydrogens is 281 g/mol. The van der Waals surface area contributed by atoms with Gasteiger partial charge in [0.2, 0.25) is 11.8 Å². The van der Waals surface area contributed by atoms with Gasteiger partial charge < -0.3 is 9.73 Å².